The summed E-state index contributed by atoms with van der Waals surface area (Å²) in [6.45, 7) is 5.41. The van der Waals surface area contributed by atoms with Crippen molar-refractivity contribution in [3.05, 3.63) is 23.8 Å². The van der Waals surface area contributed by atoms with E-state index in [1.165, 1.54) is 49.8 Å². The van der Waals surface area contributed by atoms with Crippen LogP contribution in [0.2, 0.25) is 0 Å². The molecule has 0 bridgehead atoms. The SMILES string of the molecule is CCC1CC(C(=O)CCCNC(=O)COC)C[C@@H](O[C@@H]2O[C@@H](CO)[C@H](O)C(O[C@@H](CC3CCCCC3)C(=O)O)C2NC(=O)Cn2cc(COCCOCCOCCOCCOCc3cn(CC(=O)NC4C(O[C@@H](CC5CCCCC5)C(=O)O)[C@@H](O)[C@H](CO)O[C@H]4O[C@@H]4CC(C(=O)CCCNC(=O)COC)CC(CC)[C@H]4O[C@@H]4OC(C)[C@@H](O)[C@H](O)C4O)nn3)nn2)[C@@H]1O[C@@H]1OC(C)[C@@H](O)[C@H](O)C1O. The predicted molar refractivity (Wildman–Crippen MR) is 470 cm³/mol. The summed E-state index contributed by atoms with van der Waals surface area (Å²) in [5.74, 6) is -7.70. The van der Waals surface area contributed by atoms with Gasteiger partial charge < -0.3 is 163 Å². The highest BCUT2D eigenvalue weighted by atomic mass is 16.8. The Kier molecular flexibility index (Phi) is 47.2. The summed E-state index contributed by atoms with van der Waals surface area (Å²) in [5.41, 5.74) is 0.655. The van der Waals surface area contributed by atoms with Crippen molar-refractivity contribution in [1.29, 1.82) is 0 Å². The van der Waals surface area contributed by atoms with Crippen molar-refractivity contribution in [2.24, 2.45) is 35.5 Å². The minimum atomic E-state index is -1.75. The van der Waals surface area contributed by atoms with Gasteiger partial charge in [-0.3, -0.25) is 28.8 Å². The number of nitrogens with one attached hydrogen (secondary N) is 4. The second kappa shape index (κ2) is 57.6. The second-order valence-corrected chi connectivity index (χ2v) is 37.0. The largest absolute Gasteiger partial charge is 0.479 e. The number of carbonyl (C=O) groups is 8. The van der Waals surface area contributed by atoms with Crippen LogP contribution in [-0.4, -0.2) is 404 Å². The van der Waals surface area contributed by atoms with Gasteiger partial charge in [0.2, 0.25) is 23.6 Å². The van der Waals surface area contributed by atoms with Crippen molar-refractivity contribution < 1.29 is 180 Å². The Balaban J connectivity index is 0.688. The number of amides is 4. The van der Waals surface area contributed by atoms with E-state index in [0.29, 0.717) is 24.2 Å². The number of rotatable bonds is 58. The van der Waals surface area contributed by atoms with Crippen LogP contribution in [0.5, 0.6) is 0 Å². The van der Waals surface area contributed by atoms with Crippen molar-refractivity contribution in [2.75, 3.05) is 107 Å². The number of Topliss-reactive ketones (excluding diaryl/α,β-unsaturated/α-hetero) is 2. The number of aliphatic hydroxyl groups is 10. The van der Waals surface area contributed by atoms with E-state index >= 15 is 0 Å². The molecule has 4 amide bonds. The second-order valence-electron chi connectivity index (χ2n) is 37.0. The van der Waals surface area contributed by atoms with E-state index < -0.39 is 233 Å². The lowest BCUT2D eigenvalue weighted by atomic mass is 9.74. The lowest BCUT2D eigenvalue weighted by Crippen LogP contribution is -2.67. The van der Waals surface area contributed by atoms with Gasteiger partial charge in [0, 0.05) is 52.0 Å². The number of aromatic nitrogens is 6. The molecule has 780 valence electrons. The Morgan fingerprint density at radius 2 is 0.810 bits per heavy atom. The van der Waals surface area contributed by atoms with E-state index in [0.717, 1.165) is 64.2 Å². The number of methoxy groups -OCH3 is 2. The summed E-state index contributed by atoms with van der Waals surface area (Å²) in [7, 11) is 2.76. The lowest BCUT2D eigenvalue weighted by molar-refractivity contribution is -0.338. The fourth-order valence-corrected chi connectivity index (χ4v) is 19.4. The lowest BCUT2D eigenvalue weighted by Gasteiger charge is -2.49. The average molecular weight is 1960 g/mol. The predicted octanol–water partition coefficient (Wildman–Crippen LogP) is -2.31. The maximum Gasteiger partial charge on any atom is 0.332 e. The molecule has 4 saturated heterocycles. The summed E-state index contributed by atoms with van der Waals surface area (Å²) >= 11 is 0. The summed E-state index contributed by atoms with van der Waals surface area (Å²) in [6, 6.07) is -3.07. The molecule has 2 aromatic rings. The zero-order chi connectivity index (χ0) is 98.8. The molecule has 47 heteroatoms. The molecule has 0 aromatic carbocycles. The number of nitrogens with zero attached hydrogens (tertiary/aromatic N) is 6. The van der Waals surface area contributed by atoms with Crippen LogP contribution in [-0.2, 0) is 145 Å². The highest BCUT2D eigenvalue weighted by Gasteiger charge is 2.57. The van der Waals surface area contributed by atoms with E-state index in [1.807, 2.05) is 13.8 Å². The summed E-state index contributed by atoms with van der Waals surface area (Å²) in [4.78, 5) is 108. The molecule has 47 nitrogen and oxygen atoms in total. The first-order valence-electron chi connectivity index (χ1n) is 48.4. The number of ether oxygens (including phenoxy) is 17. The van der Waals surface area contributed by atoms with Crippen LogP contribution in [0.3, 0.4) is 0 Å². The number of aliphatic hydroxyl groups excluding tert-OH is 10. The van der Waals surface area contributed by atoms with E-state index in [4.69, 9.17) is 80.5 Å². The van der Waals surface area contributed by atoms with Crippen LogP contribution < -0.4 is 21.3 Å². The van der Waals surface area contributed by atoms with Crippen molar-refractivity contribution in [1.82, 2.24) is 51.3 Å². The molecule has 12 unspecified atom stereocenters. The first-order chi connectivity index (χ1) is 65.9. The first kappa shape index (κ1) is 112. The molecule has 0 radical (unpaired) electrons. The zero-order valence-corrected chi connectivity index (χ0v) is 79.2. The topological polar surface area (TPSA) is 646 Å². The van der Waals surface area contributed by atoms with Crippen LogP contribution in [0.25, 0.3) is 0 Å². The highest BCUT2D eigenvalue weighted by Crippen LogP contribution is 2.44. The van der Waals surface area contributed by atoms with Crippen LogP contribution >= 0.6 is 0 Å². The van der Waals surface area contributed by atoms with Gasteiger partial charge in [-0.25, -0.2) is 19.0 Å². The fraction of sp³-hybridized carbons (Fsp3) is 0.867. The Morgan fingerprint density at radius 1 is 0.445 bits per heavy atom. The van der Waals surface area contributed by atoms with Crippen molar-refractivity contribution >= 4 is 47.1 Å². The highest BCUT2D eigenvalue weighted by molar-refractivity contribution is 5.82. The van der Waals surface area contributed by atoms with Gasteiger partial charge in [-0.05, 0) is 88.9 Å². The number of carboxylic acids is 2. The number of carboxylic acid groups (broad SMARTS) is 2. The first-order valence-corrected chi connectivity index (χ1v) is 48.4. The molecule has 6 heterocycles. The van der Waals surface area contributed by atoms with Gasteiger partial charge in [-0.2, -0.15) is 0 Å². The van der Waals surface area contributed by atoms with E-state index in [9.17, 15) is 99.6 Å². The molecule has 4 aliphatic carbocycles. The van der Waals surface area contributed by atoms with Gasteiger partial charge in [0.05, 0.1) is 128 Å². The number of aliphatic carboxylic acids is 2. The van der Waals surface area contributed by atoms with Gasteiger partial charge in [-0.15, -0.1) is 10.2 Å². The Hall–Kier alpha value is -6.64. The maximum atomic E-state index is 14.4. The minimum Gasteiger partial charge on any atom is -0.479 e. The van der Waals surface area contributed by atoms with E-state index in [-0.39, 0.29) is 192 Å². The average Bonchev–Trinajstić information content (AvgIpc) is 1.60. The molecule has 16 N–H and O–H groups in total. The summed E-state index contributed by atoms with van der Waals surface area (Å²) < 4.78 is 105. The van der Waals surface area contributed by atoms with Crippen LogP contribution in [0.15, 0.2) is 12.4 Å². The number of hydrogen-bond acceptors (Lipinski definition) is 39. The molecule has 0 spiro atoms. The molecule has 30 atom stereocenters. The van der Waals surface area contributed by atoms with Gasteiger partial charge >= 0.3 is 11.9 Å². The smallest absolute Gasteiger partial charge is 0.332 e. The zero-order valence-electron chi connectivity index (χ0n) is 79.2. The maximum absolute atomic E-state index is 14.4. The van der Waals surface area contributed by atoms with Gasteiger partial charge in [0.15, 0.2) is 37.4 Å². The standard InChI is InChI=1S/C90H148N10O37/c1-7-53-35-55(59(103)21-15-23-91-69(107)47-121-5)37-61(81(53)136-89-79(115)77(113)73(109)49(3)128-89)132-87-71(83(75(111)65(43-101)134-87)130-63(85(117)118)33-51-17-11-9-12-18-51)93-67(105)41-99-39-57(95-97-99)45-126-31-29-124-27-25-123-26-28-125-30-32-127-46-58-40-100(98-96-58)42-68(106)94-72-84(131-64(86(119)120)34-52-19-13-10-14-20-52)76(112)66(44-102)135-88(72)133-62-38-56(60(104)22-16-24-92-70(108)48-122-6)36-54(8-2)82(62)137-90-80(116)78(114)74(110)50(4)129-90/h39-40,49-56,61-66,71-84,87-90,101-102,109-116H,7-38,41-48H2,1-6H3,(H,91,107)(H,92,108)(H,93,105)(H,94,106)(H,117,118)(H,119,120)/t49?,50?,53?,54?,55?,56?,61-,62-,63+,64+,65+,66+,71?,72?,73-,74-,75+,76+,77+,78+,79?,80?,81-,82-,83?,84?,87-,88-,89+,90+/m1/s1. The quantitative estimate of drug-likeness (QED) is 0.0309. The molecule has 10 rings (SSSR count). The van der Waals surface area contributed by atoms with Crippen LogP contribution in [0.1, 0.15) is 180 Å². The Morgan fingerprint density at radius 3 is 1.15 bits per heavy atom. The molecule has 8 aliphatic rings. The van der Waals surface area contributed by atoms with Crippen LogP contribution in [0.4, 0.5) is 0 Å². The third kappa shape index (κ3) is 33.7. The molecule has 137 heavy (non-hydrogen) atoms. The third-order valence-electron chi connectivity index (χ3n) is 26.9. The monoisotopic (exact) mass is 1960 g/mol. The number of hydrogen-bond donors (Lipinski definition) is 16. The number of ketones is 2. The van der Waals surface area contributed by atoms with Crippen LogP contribution in [0, 0.1) is 35.5 Å². The Bertz CT molecular complexity index is 3700. The number of carbonyl (C=O) groups excluding carboxylic acids is 6. The van der Waals surface area contributed by atoms with Crippen molar-refractivity contribution in [2.45, 2.75) is 355 Å². The summed E-state index contributed by atoms with van der Waals surface area (Å²) in [6.07, 6.45) is -21.9. The molecule has 4 saturated carbocycles. The Labute approximate surface area is 795 Å². The van der Waals surface area contributed by atoms with Crippen molar-refractivity contribution in [3.8, 4) is 0 Å². The van der Waals surface area contributed by atoms with Gasteiger partial charge in [0.1, 0.15) is 135 Å². The molecule has 4 aliphatic heterocycles. The third-order valence-corrected chi connectivity index (χ3v) is 26.9. The van der Waals surface area contributed by atoms with Crippen molar-refractivity contribution in [3.63, 3.8) is 0 Å². The summed E-state index contributed by atoms with van der Waals surface area (Å²) in [5, 5.41) is 160. The minimum absolute atomic E-state index is 0.0349. The van der Waals surface area contributed by atoms with Gasteiger partial charge in [-0.1, -0.05) is 101 Å². The molecular formula is C90H148N10O37. The molecule has 2 aromatic heterocycles. The van der Waals surface area contributed by atoms with E-state index in [1.54, 1.807) is 0 Å². The van der Waals surface area contributed by atoms with Gasteiger partial charge in [0.25, 0.3) is 0 Å². The molecular weight excluding hydrogens is 1810 g/mol. The fourth-order valence-electron chi connectivity index (χ4n) is 19.4. The van der Waals surface area contributed by atoms with E-state index in [2.05, 4.69) is 41.9 Å². The molecule has 8 fully saturated rings. The normalized spacial score (nSPS) is 32.9.